The molecule has 0 amide bonds. The Hall–Kier alpha value is -1.73. The number of nitrogen functional groups attached to an aromatic ring is 1. The van der Waals surface area contributed by atoms with Gasteiger partial charge in [-0.15, -0.1) is 0 Å². The summed E-state index contributed by atoms with van der Waals surface area (Å²) < 4.78 is 0. The highest BCUT2D eigenvalue weighted by Gasteiger charge is 2.28. The van der Waals surface area contributed by atoms with E-state index < -0.39 is 0 Å². The van der Waals surface area contributed by atoms with Gasteiger partial charge < -0.3 is 15.7 Å². The molecular formula is C14H19N3O. The number of hydrogen-bond donors (Lipinski definition) is 2. The molecule has 1 aromatic rings. The van der Waals surface area contributed by atoms with E-state index in [0.717, 1.165) is 30.6 Å². The number of benzene rings is 1. The highest BCUT2D eigenvalue weighted by atomic mass is 16.3. The van der Waals surface area contributed by atoms with E-state index in [-0.39, 0.29) is 6.10 Å². The summed E-state index contributed by atoms with van der Waals surface area (Å²) >= 11 is 0. The number of nitriles is 1. The van der Waals surface area contributed by atoms with Gasteiger partial charge in [-0.2, -0.15) is 5.26 Å². The highest BCUT2D eigenvalue weighted by Crippen LogP contribution is 2.29. The molecule has 3 N–H and O–H groups in total. The Morgan fingerprint density at radius 2 is 2.22 bits per heavy atom. The van der Waals surface area contributed by atoms with Gasteiger partial charge in [0.15, 0.2) is 0 Å². The fourth-order valence-electron chi connectivity index (χ4n) is 2.41. The third-order valence-electron chi connectivity index (χ3n) is 3.58. The molecular weight excluding hydrogens is 226 g/mol. The first kappa shape index (κ1) is 12.7. The molecule has 0 aliphatic heterocycles. The second-order valence-electron chi connectivity index (χ2n) is 5.09. The monoisotopic (exact) mass is 245 g/mol. The van der Waals surface area contributed by atoms with E-state index >= 15 is 0 Å². The summed E-state index contributed by atoms with van der Waals surface area (Å²) in [6.07, 6.45) is 2.02. The SMILES string of the molecule is CN(CC1CC(O)C1)c1ccc(N)c(CC#N)c1. The van der Waals surface area contributed by atoms with Gasteiger partial charge in [0.05, 0.1) is 18.6 Å². The summed E-state index contributed by atoms with van der Waals surface area (Å²) in [7, 11) is 2.03. The number of aliphatic hydroxyl groups excluding tert-OH is 1. The quantitative estimate of drug-likeness (QED) is 0.789. The van der Waals surface area contributed by atoms with Gasteiger partial charge in [-0.3, -0.25) is 0 Å². The van der Waals surface area contributed by atoms with E-state index in [2.05, 4.69) is 11.0 Å². The molecule has 1 aliphatic rings. The smallest absolute Gasteiger partial charge is 0.0670 e. The molecule has 18 heavy (non-hydrogen) atoms. The molecule has 0 spiro atoms. The van der Waals surface area contributed by atoms with Crippen LogP contribution < -0.4 is 10.6 Å². The maximum atomic E-state index is 9.28. The lowest BCUT2D eigenvalue weighted by atomic mass is 9.82. The van der Waals surface area contributed by atoms with Crippen LogP contribution in [0.15, 0.2) is 18.2 Å². The third-order valence-corrected chi connectivity index (χ3v) is 3.58. The van der Waals surface area contributed by atoms with Crippen LogP contribution in [-0.4, -0.2) is 24.8 Å². The first-order valence-corrected chi connectivity index (χ1v) is 6.24. The summed E-state index contributed by atoms with van der Waals surface area (Å²) in [5.41, 5.74) is 8.47. The van der Waals surface area contributed by atoms with Crippen LogP contribution in [0.3, 0.4) is 0 Å². The summed E-state index contributed by atoms with van der Waals surface area (Å²) in [5.74, 6) is 0.571. The van der Waals surface area contributed by atoms with Crippen LogP contribution in [0.25, 0.3) is 0 Å². The Balaban J connectivity index is 2.03. The highest BCUT2D eigenvalue weighted by molar-refractivity contribution is 5.59. The van der Waals surface area contributed by atoms with Crippen molar-refractivity contribution >= 4 is 11.4 Å². The number of aliphatic hydroxyl groups is 1. The standard InChI is InChI=1S/C14H19N3O/c1-17(9-10-6-13(18)7-10)12-2-3-14(16)11(8-12)4-5-15/h2-3,8,10,13,18H,4,6-7,9,16H2,1H3. The van der Waals surface area contributed by atoms with Crippen molar-refractivity contribution in [1.29, 1.82) is 5.26 Å². The van der Waals surface area contributed by atoms with E-state index in [1.165, 1.54) is 0 Å². The summed E-state index contributed by atoms with van der Waals surface area (Å²) in [6.45, 7) is 0.937. The molecule has 4 nitrogen and oxygen atoms in total. The fourth-order valence-corrected chi connectivity index (χ4v) is 2.41. The summed E-state index contributed by atoms with van der Waals surface area (Å²) in [4.78, 5) is 2.16. The summed E-state index contributed by atoms with van der Waals surface area (Å²) in [5, 5.41) is 18.0. The zero-order valence-electron chi connectivity index (χ0n) is 10.6. The molecule has 0 unspecified atom stereocenters. The Morgan fingerprint density at radius 1 is 1.50 bits per heavy atom. The van der Waals surface area contributed by atoms with Gasteiger partial charge in [0.2, 0.25) is 0 Å². The lowest BCUT2D eigenvalue weighted by molar-refractivity contribution is 0.0465. The maximum absolute atomic E-state index is 9.28. The van der Waals surface area contributed by atoms with Crippen molar-refractivity contribution in [3.05, 3.63) is 23.8 Å². The van der Waals surface area contributed by atoms with Gasteiger partial charge in [-0.1, -0.05) is 0 Å². The van der Waals surface area contributed by atoms with Crippen LogP contribution in [0.1, 0.15) is 18.4 Å². The van der Waals surface area contributed by atoms with Crippen molar-refractivity contribution in [3.8, 4) is 6.07 Å². The van der Waals surface area contributed by atoms with Gasteiger partial charge in [0, 0.05) is 25.0 Å². The number of hydrogen-bond acceptors (Lipinski definition) is 4. The average Bonchev–Trinajstić information content (AvgIpc) is 2.30. The minimum Gasteiger partial charge on any atom is -0.398 e. The number of rotatable bonds is 4. The first-order chi connectivity index (χ1) is 8.60. The van der Waals surface area contributed by atoms with E-state index in [0.29, 0.717) is 18.0 Å². The molecule has 0 bridgehead atoms. The second-order valence-corrected chi connectivity index (χ2v) is 5.09. The van der Waals surface area contributed by atoms with Crippen molar-refractivity contribution < 1.29 is 5.11 Å². The van der Waals surface area contributed by atoms with Crippen LogP contribution >= 0.6 is 0 Å². The molecule has 1 aromatic carbocycles. The molecule has 4 heteroatoms. The third kappa shape index (κ3) is 2.74. The van der Waals surface area contributed by atoms with E-state index in [1.54, 1.807) is 0 Å². The predicted molar refractivity (Wildman–Crippen MR) is 72.2 cm³/mol. The fraction of sp³-hybridized carbons (Fsp3) is 0.500. The van der Waals surface area contributed by atoms with Gasteiger partial charge in [0.25, 0.3) is 0 Å². The zero-order chi connectivity index (χ0) is 13.1. The maximum Gasteiger partial charge on any atom is 0.0670 e. The van der Waals surface area contributed by atoms with E-state index in [9.17, 15) is 5.11 Å². The van der Waals surface area contributed by atoms with Crippen LogP contribution in [-0.2, 0) is 6.42 Å². The van der Waals surface area contributed by atoms with Crippen LogP contribution in [0.4, 0.5) is 11.4 Å². The molecule has 1 aliphatic carbocycles. The van der Waals surface area contributed by atoms with Crippen molar-refractivity contribution in [2.24, 2.45) is 5.92 Å². The predicted octanol–water partition coefficient (Wildman–Crippen LogP) is 1.54. The molecule has 0 aromatic heterocycles. The van der Waals surface area contributed by atoms with Crippen LogP contribution in [0.2, 0.25) is 0 Å². The largest absolute Gasteiger partial charge is 0.398 e. The van der Waals surface area contributed by atoms with Crippen molar-refractivity contribution in [2.45, 2.75) is 25.4 Å². The van der Waals surface area contributed by atoms with E-state index in [4.69, 9.17) is 11.0 Å². The summed E-state index contributed by atoms with van der Waals surface area (Å²) in [6, 6.07) is 7.94. The minimum atomic E-state index is -0.107. The number of nitrogens with zero attached hydrogens (tertiary/aromatic N) is 2. The minimum absolute atomic E-state index is 0.107. The lowest BCUT2D eigenvalue weighted by Crippen LogP contribution is -2.37. The van der Waals surface area contributed by atoms with Crippen LogP contribution in [0.5, 0.6) is 0 Å². The Kier molecular flexibility index (Phi) is 3.73. The van der Waals surface area contributed by atoms with Gasteiger partial charge in [0.1, 0.15) is 0 Å². The van der Waals surface area contributed by atoms with Gasteiger partial charge >= 0.3 is 0 Å². The Labute approximate surface area is 108 Å². The Bertz CT molecular complexity index is 461. The van der Waals surface area contributed by atoms with Crippen molar-refractivity contribution in [2.75, 3.05) is 24.2 Å². The van der Waals surface area contributed by atoms with Crippen LogP contribution in [0, 0.1) is 17.2 Å². The zero-order valence-corrected chi connectivity index (χ0v) is 10.6. The molecule has 0 atom stereocenters. The molecule has 0 saturated heterocycles. The molecule has 0 radical (unpaired) electrons. The van der Waals surface area contributed by atoms with Gasteiger partial charge in [-0.25, -0.2) is 0 Å². The molecule has 96 valence electrons. The number of nitrogens with two attached hydrogens (primary N) is 1. The lowest BCUT2D eigenvalue weighted by Gasteiger charge is -2.35. The molecule has 1 saturated carbocycles. The Morgan fingerprint density at radius 3 is 2.83 bits per heavy atom. The molecule has 0 heterocycles. The average molecular weight is 245 g/mol. The second kappa shape index (κ2) is 5.28. The first-order valence-electron chi connectivity index (χ1n) is 6.24. The van der Waals surface area contributed by atoms with Crippen molar-refractivity contribution in [1.82, 2.24) is 0 Å². The van der Waals surface area contributed by atoms with Crippen molar-refractivity contribution in [3.63, 3.8) is 0 Å². The number of anilines is 2. The van der Waals surface area contributed by atoms with Gasteiger partial charge in [-0.05, 0) is 42.5 Å². The normalized spacial score (nSPS) is 22.1. The van der Waals surface area contributed by atoms with E-state index in [1.807, 2.05) is 25.2 Å². The molecule has 2 rings (SSSR count). The topological polar surface area (TPSA) is 73.3 Å². The molecule has 1 fully saturated rings.